The second kappa shape index (κ2) is 5.56. The number of rotatable bonds is 3. The third kappa shape index (κ3) is 2.02. The van der Waals surface area contributed by atoms with Gasteiger partial charge in [0.1, 0.15) is 0 Å². The summed E-state index contributed by atoms with van der Waals surface area (Å²) in [5.74, 6) is 1.37. The van der Waals surface area contributed by atoms with Crippen molar-refractivity contribution in [1.82, 2.24) is 0 Å². The molecule has 2 heteroatoms. The zero-order valence-corrected chi connectivity index (χ0v) is 14.7. The molecule has 0 aromatic heterocycles. The molecule has 1 N–H and O–H groups in total. The van der Waals surface area contributed by atoms with Crippen LogP contribution in [-0.2, 0) is 4.79 Å². The molecule has 4 atom stereocenters. The highest BCUT2D eigenvalue weighted by atomic mass is 16.3. The van der Waals surface area contributed by atoms with Crippen molar-refractivity contribution in [3.05, 3.63) is 47.6 Å². The van der Waals surface area contributed by atoms with Gasteiger partial charge in [0, 0.05) is 11.8 Å². The molecule has 2 nitrogen and oxygen atoms in total. The van der Waals surface area contributed by atoms with Gasteiger partial charge >= 0.3 is 0 Å². The predicted molar refractivity (Wildman–Crippen MR) is 96.4 cm³/mol. The van der Waals surface area contributed by atoms with E-state index in [9.17, 15) is 9.90 Å². The molecule has 0 amide bonds. The second-order valence-electron chi connectivity index (χ2n) is 8.11. The summed E-state index contributed by atoms with van der Waals surface area (Å²) in [5.41, 5.74) is 3.44. The number of fused-ring (bicyclic) bond motifs is 4. The Labute approximate surface area is 145 Å². The van der Waals surface area contributed by atoms with E-state index in [1.165, 1.54) is 16.7 Å². The molecule has 0 unspecified atom stereocenters. The fraction of sp³-hybridized carbons (Fsp3) is 0.591. The standard InChI is InChI=1S/C22H28O2/c1-3-11-22(24)13-10-20-19-7-5-15-14-16(23)6-8-17(15)18(19)9-12-21(20,22)4-2/h3,9,12,14,19-20,24H,1,4-8,10-11,13H2,2H3/t19-,20+,21+,22-/m0/s1. The van der Waals surface area contributed by atoms with Gasteiger partial charge in [-0.25, -0.2) is 0 Å². The van der Waals surface area contributed by atoms with Crippen molar-refractivity contribution in [2.45, 2.75) is 63.9 Å². The van der Waals surface area contributed by atoms with Crippen LogP contribution in [0.4, 0.5) is 0 Å². The van der Waals surface area contributed by atoms with Crippen LogP contribution in [0.1, 0.15) is 58.3 Å². The fourth-order valence-electron chi connectivity index (χ4n) is 6.19. The molecule has 0 aliphatic heterocycles. The third-order valence-corrected chi connectivity index (χ3v) is 7.33. The Kier molecular flexibility index (Phi) is 3.72. The predicted octanol–water partition coefficient (Wildman–Crippen LogP) is 4.67. The fourth-order valence-corrected chi connectivity index (χ4v) is 6.19. The lowest BCUT2D eigenvalue weighted by atomic mass is 9.56. The molecule has 0 saturated heterocycles. The van der Waals surface area contributed by atoms with E-state index in [2.05, 4.69) is 25.7 Å². The van der Waals surface area contributed by atoms with Crippen molar-refractivity contribution in [2.75, 3.05) is 0 Å². The Morgan fingerprint density at radius 1 is 1.33 bits per heavy atom. The molecule has 0 aromatic carbocycles. The molecule has 0 spiro atoms. The molecule has 4 rings (SSSR count). The maximum atomic E-state index is 11.8. The zero-order valence-electron chi connectivity index (χ0n) is 14.7. The molecule has 24 heavy (non-hydrogen) atoms. The Morgan fingerprint density at radius 2 is 2.17 bits per heavy atom. The average molecular weight is 324 g/mol. The lowest BCUT2D eigenvalue weighted by Gasteiger charge is -2.50. The van der Waals surface area contributed by atoms with Crippen molar-refractivity contribution >= 4 is 5.78 Å². The van der Waals surface area contributed by atoms with Gasteiger partial charge in [-0.2, -0.15) is 0 Å². The van der Waals surface area contributed by atoms with Gasteiger partial charge in [-0.1, -0.05) is 25.2 Å². The van der Waals surface area contributed by atoms with Crippen LogP contribution in [0.5, 0.6) is 0 Å². The first kappa shape index (κ1) is 16.1. The SMILES string of the molecule is C=CC[C@]1(O)CC[C@@H]2[C@H]3CCC4=CC(=O)CCC4=C3C=C[C@]21CC. The van der Waals surface area contributed by atoms with Gasteiger partial charge < -0.3 is 5.11 Å². The topological polar surface area (TPSA) is 37.3 Å². The van der Waals surface area contributed by atoms with E-state index in [4.69, 9.17) is 0 Å². The number of aliphatic hydroxyl groups is 1. The monoisotopic (exact) mass is 324 g/mol. The summed E-state index contributed by atoms with van der Waals surface area (Å²) < 4.78 is 0. The molecule has 128 valence electrons. The molecule has 0 heterocycles. The number of hydrogen-bond donors (Lipinski definition) is 1. The highest BCUT2D eigenvalue weighted by Crippen LogP contribution is 2.63. The average Bonchev–Trinajstić information content (AvgIpc) is 2.88. The molecule has 4 aliphatic carbocycles. The van der Waals surface area contributed by atoms with Gasteiger partial charge in [0.05, 0.1) is 5.60 Å². The minimum Gasteiger partial charge on any atom is -0.389 e. The van der Waals surface area contributed by atoms with E-state index < -0.39 is 5.60 Å². The van der Waals surface area contributed by atoms with Crippen LogP contribution in [0.2, 0.25) is 0 Å². The van der Waals surface area contributed by atoms with Crippen molar-refractivity contribution in [3.63, 3.8) is 0 Å². The van der Waals surface area contributed by atoms with Crippen LogP contribution >= 0.6 is 0 Å². The first-order valence-corrected chi connectivity index (χ1v) is 9.54. The minimum atomic E-state index is -0.639. The van der Waals surface area contributed by atoms with Gasteiger partial charge in [0.2, 0.25) is 0 Å². The first-order valence-electron chi connectivity index (χ1n) is 9.54. The Balaban J connectivity index is 1.81. The van der Waals surface area contributed by atoms with E-state index in [0.29, 0.717) is 24.7 Å². The largest absolute Gasteiger partial charge is 0.389 e. The molecule has 1 saturated carbocycles. The summed E-state index contributed by atoms with van der Waals surface area (Å²) in [6.07, 6.45) is 15.8. The smallest absolute Gasteiger partial charge is 0.156 e. The summed E-state index contributed by atoms with van der Waals surface area (Å²) in [4.78, 5) is 11.8. The van der Waals surface area contributed by atoms with Crippen molar-refractivity contribution in [3.8, 4) is 0 Å². The molecule has 0 radical (unpaired) electrons. The van der Waals surface area contributed by atoms with Crippen LogP contribution in [0, 0.1) is 17.3 Å². The van der Waals surface area contributed by atoms with Crippen LogP contribution in [0.15, 0.2) is 47.6 Å². The molecule has 4 aliphatic rings. The summed E-state index contributed by atoms with van der Waals surface area (Å²) in [5, 5.41) is 11.4. The van der Waals surface area contributed by atoms with Crippen molar-refractivity contribution in [1.29, 1.82) is 0 Å². The van der Waals surface area contributed by atoms with Crippen LogP contribution in [0.3, 0.4) is 0 Å². The lowest BCUT2D eigenvalue weighted by Crippen LogP contribution is -2.49. The third-order valence-electron chi connectivity index (χ3n) is 7.33. The Bertz CT molecular complexity index is 680. The highest BCUT2D eigenvalue weighted by molar-refractivity contribution is 5.93. The minimum absolute atomic E-state index is 0.110. The van der Waals surface area contributed by atoms with Gasteiger partial charge in [0.25, 0.3) is 0 Å². The second-order valence-corrected chi connectivity index (χ2v) is 8.11. The number of hydrogen-bond acceptors (Lipinski definition) is 2. The molecule has 1 fully saturated rings. The van der Waals surface area contributed by atoms with E-state index in [-0.39, 0.29) is 11.2 Å². The van der Waals surface area contributed by atoms with E-state index in [1.54, 1.807) is 0 Å². The molecule has 0 aromatic rings. The quantitative estimate of drug-likeness (QED) is 0.766. The lowest BCUT2D eigenvalue weighted by molar-refractivity contribution is -0.114. The van der Waals surface area contributed by atoms with Gasteiger partial charge in [-0.15, -0.1) is 6.58 Å². The molecular weight excluding hydrogens is 296 g/mol. The van der Waals surface area contributed by atoms with E-state index >= 15 is 0 Å². The Morgan fingerprint density at radius 3 is 2.92 bits per heavy atom. The number of carbonyl (C=O) groups excluding carboxylic acids is 1. The van der Waals surface area contributed by atoms with Gasteiger partial charge in [-0.05, 0) is 79.6 Å². The van der Waals surface area contributed by atoms with Crippen LogP contribution < -0.4 is 0 Å². The number of ketones is 1. The summed E-state index contributed by atoms with van der Waals surface area (Å²) >= 11 is 0. The number of carbonyl (C=O) groups is 1. The zero-order chi connectivity index (χ0) is 16.9. The maximum Gasteiger partial charge on any atom is 0.156 e. The van der Waals surface area contributed by atoms with E-state index in [0.717, 1.165) is 38.5 Å². The van der Waals surface area contributed by atoms with Crippen LogP contribution in [0.25, 0.3) is 0 Å². The van der Waals surface area contributed by atoms with Crippen molar-refractivity contribution in [2.24, 2.45) is 17.3 Å². The van der Waals surface area contributed by atoms with Crippen molar-refractivity contribution < 1.29 is 9.90 Å². The normalized spacial score (nSPS) is 40.8. The van der Waals surface area contributed by atoms with E-state index in [1.807, 2.05) is 12.2 Å². The summed E-state index contributed by atoms with van der Waals surface area (Å²) in [7, 11) is 0. The molecular formula is C22H28O2. The maximum absolute atomic E-state index is 11.8. The van der Waals surface area contributed by atoms with Crippen LogP contribution in [-0.4, -0.2) is 16.5 Å². The highest BCUT2D eigenvalue weighted by Gasteiger charge is 2.60. The summed E-state index contributed by atoms with van der Waals surface area (Å²) in [6.45, 7) is 6.11. The number of allylic oxidation sites excluding steroid dienone is 5. The summed E-state index contributed by atoms with van der Waals surface area (Å²) in [6, 6.07) is 0. The Hall–Kier alpha value is -1.41. The van der Waals surface area contributed by atoms with Gasteiger partial charge in [-0.3, -0.25) is 4.79 Å². The first-order chi connectivity index (χ1) is 11.5. The molecule has 0 bridgehead atoms. The van der Waals surface area contributed by atoms with Gasteiger partial charge in [0.15, 0.2) is 5.78 Å².